The van der Waals surface area contributed by atoms with E-state index >= 15 is 0 Å². The monoisotopic (exact) mass is 646 g/mol. The van der Waals surface area contributed by atoms with Gasteiger partial charge < -0.3 is 29.9 Å². The van der Waals surface area contributed by atoms with Gasteiger partial charge in [0.05, 0.1) is 6.61 Å². The molecular weight excluding hydrogens is 584 g/mol. The predicted molar refractivity (Wildman–Crippen MR) is 201 cm³/mol. The number of hydrogen-bond acceptors (Lipinski definition) is 6. The SMILES string of the molecule is C=CC.CC.CCC1CN1C.CCO.CN1C[C@@H]1CCCOc1ccc(/C(=C(/CCCO)c2ccccc2)c2ccc(O)cc2)cc1. The zero-order chi connectivity index (χ0) is 35.0. The first-order valence-electron chi connectivity index (χ1n) is 17.3. The number of nitrogens with zero attached hydrogens (tertiary/aromatic N) is 2. The highest BCUT2D eigenvalue weighted by Crippen LogP contribution is 2.36. The van der Waals surface area contributed by atoms with Crippen LogP contribution in [-0.2, 0) is 0 Å². The molecule has 260 valence electrons. The van der Waals surface area contributed by atoms with Gasteiger partial charge in [0.1, 0.15) is 11.5 Å². The van der Waals surface area contributed by atoms with Gasteiger partial charge in [-0.3, -0.25) is 0 Å². The molecule has 3 aromatic rings. The number of aromatic hydroxyl groups is 1. The maximum Gasteiger partial charge on any atom is 0.119 e. The summed E-state index contributed by atoms with van der Waals surface area (Å²) >= 11 is 0. The van der Waals surface area contributed by atoms with Gasteiger partial charge in [0.15, 0.2) is 0 Å². The fourth-order valence-corrected chi connectivity index (χ4v) is 5.00. The van der Waals surface area contributed by atoms with E-state index in [9.17, 15) is 10.2 Å². The van der Waals surface area contributed by atoms with Gasteiger partial charge in [0.2, 0.25) is 0 Å². The minimum atomic E-state index is 0.141. The van der Waals surface area contributed by atoms with Crippen molar-refractivity contribution in [2.75, 3.05) is 47.0 Å². The first-order chi connectivity index (χ1) is 22.8. The summed E-state index contributed by atoms with van der Waals surface area (Å²) in [6, 6.07) is 27.6. The third kappa shape index (κ3) is 16.3. The summed E-state index contributed by atoms with van der Waals surface area (Å²) in [5, 5.41) is 26.9. The average Bonchev–Trinajstić information content (AvgIpc) is 4.01. The molecule has 6 nitrogen and oxygen atoms in total. The lowest BCUT2D eigenvalue weighted by Gasteiger charge is -2.18. The van der Waals surface area contributed by atoms with Crippen LogP contribution in [0.5, 0.6) is 11.5 Å². The molecule has 5 rings (SSSR count). The maximum absolute atomic E-state index is 9.83. The lowest BCUT2D eigenvalue weighted by molar-refractivity contribution is 0.290. The highest BCUT2D eigenvalue weighted by atomic mass is 16.5. The van der Waals surface area contributed by atoms with Crippen LogP contribution in [0.25, 0.3) is 11.1 Å². The number of phenols is 1. The van der Waals surface area contributed by atoms with Crippen LogP contribution >= 0.6 is 0 Å². The topological polar surface area (TPSA) is 75.9 Å². The number of benzene rings is 3. The van der Waals surface area contributed by atoms with Gasteiger partial charge in [-0.1, -0.05) is 81.4 Å². The molecule has 3 N–H and O–H groups in total. The molecule has 6 heteroatoms. The molecule has 0 radical (unpaired) electrons. The molecule has 2 heterocycles. The number of allylic oxidation sites excluding steroid dienone is 2. The van der Waals surface area contributed by atoms with E-state index in [1.54, 1.807) is 25.1 Å². The normalized spacial score (nSPS) is 18.9. The molecule has 2 saturated heterocycles. The molecule has 0 bridgehead atoms. The molecule has 2 aliphatic rings. The summed E-state index contributed by atoms with van der Waals surface area (Å²) in [5.41, 5.74) is 5.55. The second-order valence-electron chi connectivity index (χ2n) is 11.4. The molecule has 0 saturated carbocycles. The molecule has 47 heavy (non-hydrogen) atoms. The van der Waals surface area contributed by atoms with E-state index in [-0.39, 0.29) is 19.0 Å². The van der Waals surface area contributed by atoms with Gasteiger partial charge in [0.25, 0.3) is 0 Å². The number of rotatable bonds is 12. The van der Waals surface area contributed by atoms with E-state index < -0.39 is 0 Å². The van der Waals surface area contributed by atoms with Crippen molar-refractivity contribution in [3.8, 4) is 11.5 Å². The van der Waals surface area contributed by atoms with Crippen molar-refractivity contribution in [1.82, 2.24) is 9.80 Å². The molecule has 4 atom stereocenters. The lowest BCUT2D eigenvalue weighted by Crippen LogP contribution is -2.02. The van der Waals surface area contributed by atoms with Gasteiger partial charge >= 0.3 is 0 Å². The highest BCUT2D eigenvalue weighted by Gasteiger charge is 2.28. The number of likely N-dealkylation sites (N-methyl/N-ethyl adjacent to an activating group) is 2. The maximum atomic E-state index is 9.83. The standard InChI is InChI=1S/C29H33NO3.C5H11N.C3H6.C2H6O.C2H6/c1-30-21-25(30)9-6-20-33-27-17-13-24(14-18-27)29(23-11-15-26(32)16-12-23)28(10-5-19-31)22-7-3-2-4-8-22;1-3-5-4-6(5)2;1-3-2;1-2-3;1-2/h2-4,7-8,11-18,25,31-32H,5-6,9-10,19-21H2,1H3;5H,3-4H2,1-2H3;3H,1H2,2H3;3H,2H2,1H3;1-2H3/b29-28-;;;;/t25-,30?;;;;/m0..../s1. The molecule has 2 fully saturated rings. The minimum absolute atomic E-state index is 0.141. The third-order valence-corrected chi connectivity index (χ3v) is 7.71. The first kappa shape index (κ1) is 41.6. The van der Waals surface area contributed by atoms with Crippen molar-refractivity contribution in [1.29, 1.82) is 0 Å². The van der Waals surface area contributed by atoms with Gasteiger partial charge in [-0.15, -0.1) is 6.58 Å². The second kappa shape index (κ2) is 24.7. The minimum Gasteiger partial charge on any atom is -0.508 e. The van der Waals surface area contributed by atoms with E-state index in [1.165, 1.54) is 31.5 Å². The van der Waals surface area contributed by atoms with E-state index in [4.69, 9.17) is 9.84 Å². The summed E-state index contributed by atoms with van der Waals surface area (Å²) in [6.45, 7) is 16.8. The Morgan fingerprint density at radius 2 is 1.30 bits per heavy atom. The number of hydrogen-bond donors (Lipinski definition) is 3. The molecule has 3 unspecified atom stereocenters. The van der Waals surface area contributed by atoms with E-state index in [2.05, 4.69) is 61.7 Å². The average molecular weight is 647 g/mol. The fraction of sp³-hybridized carbons (Fsp3) is 0.463. The van der Waals surface area contributed by atoms with Crippen molar-refractivity contribution in [3.05, 3.63) is 108 Å². The van der Waals surface area contributed by atoms with Crippen LogP contribution < -0.4 is 4.74 Å². The van der Waals surface area contributed by atoms with Gasteiger partial charge in [0, 0.05) is 38.4 Å². The quantitative estimate of drug-likeness (QED) is 0.0793. The lowest BCUT2D eigenvalue weighted by atomic mass is 9.87. The number of phenolic OH excluding ortho intramolecular Hbond substituents is 1. The molecular formula is C41H62N2O4. The Bertz CT molecular complexity index is 1240. The third-order valence-electron chi connectivity index (χ3n) is 7.71. The molecule has 0 amide bonds. The molecule has 0 aliphatic carbocycles. The van der Waals surface area contributed by atoms with Gasteiger partial charge in [-0.2, -0.15) is 0 Å². The van der Waals surface area contributed by atoms with Gasteiger partial charge in [-0.25, -0.2) is 0 Å². The van der Waals surface area contributed by atoms with E-state index in [0.29, 0.717) is 6.42 Å². The Hall–Kier alpha value is -3.42. The number of aliphatic hydroxyl groups excluding tert-OH is 2. The number of ether oxygens (including phenoxy) is 1. The fourth-order valence-electron chi connectivity index (χ4n) is 5.00. The zero-order valence-electron chi connectivity index (χ0n) is 30.2. The Morgan fingerprint density at radius 1 is 0.809 bits per heavy atom. The summed E-state index contributed by atoms with van der Waals surface area (Å²) in [4.78, 5) is 4.70. The Balaban J connectivity index is 0.000000665. The Kier molecular flexibility index (Phi) is 21.9. The molecule has 0 spiro atoms. The van der Waals surface area contributed by atoms with E-state index in [1.807, 2.05) is 63.2 Å². The van der Waals surface area contributed by atoms with Crippen molar-refractivity contribution in [3.63, 3.8) is 0 Å². The zero-order valence-corrected chi connectivity index (χ0v) is 30.2. The van der Waals surface area contributed by atoms with Crippen LogP contribution in [0.15, 0.2) is 91.5 Å². The summed E-state index contributed by atoms with van der Waals surface area (Å²) in [5.74, 6) is 1.13. The predicted octanol–water partition coefficient (Wildman–Crippen LogP) is 8.52. The van der Waals surface area contributed by atoms with Crippen molar-refractivity contribution < 1.29 is 20.1 Å². The summed E-state index contributed by atoms with van der Waals surface area (Å²) < 4.78 is 5.98. The van der Waals surface area contributed by atoms with Crippen LogP contribution in [0.3, 0.4) is 0 Å². The van der Waals surface area contributed by atoms with Crippen LogP contribution in [0.1, 0.15) is 83.4 Å². The molecule has 3 aromatic carbocycles. The summed E-state index contributed by atoms with van der Waals surface area (Å²) in [7, 11) is 4.32. The van der Waals surface area contributed by atoms with Crippen molar-refractivity contribution in [2.45, 2.75) is 78.8 Å². The van der Waals surface area contributed by atoms with Crippen LogP contribution in [-0.4, -0.2) is 84.2 Å². The van der Waals surface area contributed by atoms with Crippen LogP contribution in [0.2, 0.25) is 0 Å². The summed E-state index contributed by atoms with van der Waals surface area (Å²) in [6.07, 6.45) is 6.77. The number of aliphatic hydroxyl groups is 2. The second-order valence-corrected chi connectivity index (χ2v) is 11.4. The van der Waals surface area contributed by atoms with Crippen LogP contribution in [0.4, 0.5) is 0 Å². The van der Waals surface area contributed by atoms with Crippen molar-refractivity contribution >= 4 is 11.1 Å². The van der Waals surface area contributed by atoms with E-state index in [0.717, 1.165) is 59.5 Å². The van der Waals surface area contributed by atoms with Crippen molar-refractivity contribution in [2.24, 2.45) is 0 Å². The first-order valence-corrected chi connectivity index (χ1v) is 17.3. The highest BCUT2D eigenvalue weighted by molar-refractivity contribution is 5.98. The largest absolute Gasteiger partial charge is 0.508 e. The molecule has 2 aliphatic heterocycles. The van der Waals surface area contributed by atoms with Gasteiger partial charge in [-0.05, 0) is 112 Å². The smallest absolute Gasteiger partial charge is 0.119 e. The Morgan fingerprint density at radius 3 is 1.72 bits per heavy atom. The Labute approximate surface area is 286 Å². The molecule has 0 aromatic heterocycles. The van der Waals surface area contributed by atoms with Crippen LogP contribution in [0, 0.1) is 0 Å².